The Morgan fingerprint density at radius 2 is 1.93 bits per heavy atom. The molecule has 3 N–H and O–H groups in total. The molecular formula is C19H20ClN3O4S2. The molecule has 154 valence electrons. The van der Waals surface area contributed by atoms with Gasteiger partial charge >= 0.3 is 0 Å². The van der Waals surface area contributed by atoms with Crippen LogP contribution in [0.1, 0.15) is 5.56 Å². The number of anilines is 1. The third-order valence-corrected chi connectivity index (χ3v) is 7.94. The average Bonchev–Trinajstić information content (AvgIpc) is 2.70. The normalized spacial score (nSPS) is 19.4. The van der Waals surface area contributed by atoms with Crippen LogP contribution in [0.4, 0.5) is 5.69 Å². The van der Waals surface area contributed by atoms with Gasteiger partial charge in [-0.2, -0.15) is 0 Å². The fourth-order valence-corrected chi connectivity index (χ4v) is 5.30. The van der Waals surface area contributed by atoms with E-state index < -0.39 is 26.5 Å². The highest BCUT2D eigenvalue weighted by atomic mass is 35.5. The van der Waals surface area contributed by atoms with E-state index in [0.29, 0.717) is 10.7 Å². The summed E-state index contributed by atoms with van der Waals surface area (Å²) in [6.07, 6.45) is 0. The predicted octanol–water partition coefficient (Wildman–Crippen LogP) is 2.17. The van der Waals surface area contributed by atoms with Gasteiger partial charge in [-0.1, -0.05) is 35.9 Å². The second-order valence-electron chi connectivity index (χ2n) is 6.42. The number of halogens is 1. The Balaban J connectivity index is 1.54. The van der Waals surface area contributed by atoms with E-state index in [-0.39, 0.29) is 23.1 Å². The summed E-state index contributed by atoms with van der Waals surface area (Å²) in [5, 5.41) is 7.70. The van der Waals surface area contributed by atoms with E-state index in [1.807, 2.05) is 0 Å². The molecule has 0 aromatic heterocycles. The van der Waals surface area contributed by atoms with Gasteiger partial charge in [0.15, 0.2) is 15.1 Å². The number of carbonyl (C=O) groups excluding carboxylic acids is 2. The van der Waals surface area contributed by atoms with Gasteiger partial charge in [0.05, 0.1) is 10.6 Å². The lowest BCUT2D eigenvalue weighted by Gasteiger charge is -2.29. The van der Waals surface area contributed by atoms with E-state index in [2.05, 4.69) is 16.0 Å². The Kier molecular flexibility index (Phi) is 6.84. The van der Waals surface area contributed by atoms with Gasteiger partial charge in [-0.05, 0) is 36.8 Å². The zero-order valence-corrected chi connectivity index (χ0v) is 17.9. The monoisotopic (exact) mass is 453 g/mol. The number of carbonyl (C=O) groups is 2. The number of sulfone groups is 1. The van der Waals surface area contributed by atoms with Gasteiger partial charge in [-0.25, -0.2) is 8.42 Å². The van der Waals surface area contributed by atoms with Crippen LogP contribution in [0, 0.1) is 6.92 Å². The lowest BCUT2D eigenvalue weighted by Crippen LogP contribution is -2.59. The molecule has 1 heterocycles. The van der Waals surface area contributed by atoms with Crippen LogP contribution in [-0.2, 0) is 19.4 Å². The van der Waals surface area contributed by atoms with Crippen LogP contribution < -0.4 is 16.0 Å². The first kappa shape index (κ1) is 21.6. The molecule has 0 spiro atoms. The molecule has 1 aliphatic heterocycles. The van der Waals surface area contributed by atoms with Crippen LogP contribution in [-0.4, -0.2) is 43.3 Å². The number of hydrogen-bond donors (Lipinski definition) is 3. The van der Waals surface area contributed by atoms with Gasteiger partial charge in [0, 0.05) is 17.3 Å². The lowest BCUT2D eigenvalue weighted by molar-refractivity contribution is -0.122. The standard InChI is InChI=1S/C19H20ClN3O4S2/c1-12-14(20)8-5-9-15(12)22-17(24)11-28-19-21-10-16(18(25)23-19)29(26,27)13-6-3-2-4-7-13/h2-9,16,19,21H,10-11H2,1H3,(H,22,24)(H,23,25). The lowest BCUT2D eigenvalue weighted by atomic mass is 10.2. The fraction of sp³-hybridized carbons (Fsp3) is 0.263. The van der Waals surface area contributed by atoms with Gasteiger partial charge in [-0.3, -0.25) is 14.9 Å². The molecule has 2 amide bonds. The summed E-state index contributed by atoms with van der Waals surface area (Å²) < 4.78 is 25.3. The van der Waals surface area contributed by atoms with Crippen LogP contribution >= 0.6 is 23.4 Å². The number of nitrogens with one attached hydrogen (secondary N) is 3. The SMILES string of the molecule is Cc1c(Cl)cccc1NC(=O)CSC1NCC(S(=O)(=O)c2ccccc2)C(=O)N1. The van der Waals surface area contributed by atoms with E-state index in [1.165, 1.54) is 12.1 Å². The van der Waals surface area contributed by atoms with Crippen molar-refractivity contribution in [3.63, 3.8) is 0 Å². The molecule has 1 fully saturated rings. The number of rotatable bonds is 6. The third kappa shape index (κ3) is 5.11. The van der Waals surface area contributed by atoms with Crippen molar-refractivity contribution >= 4 is 50.7 Å². The minimum absolute atomic E-state index is 0.0320. The van der Waals surface area contributed by atoms with Crippen molar-refractivity contribution in [3.8, 4) is 0 Å². The molecule has 10 heteroatoms. The maximum atomic E-state index is 12.7. The van der Waals surface area contributed by atoms with Gasteiger partial charge < -0.3 is 10.6 Å². The summed E-state index contributed by atoms with van der Waals surface area (Å²) in [5.41, 5.74) is 0.833. The minimum atomic E-state index is -3.79. The summed E-state index contributed by atoms with van der Waals surface area (Å²) in [5.74, 6) is -0.772. The first-order chi connectivity index (χ1) is 13.8. The predicted molar refractivity (Wildman–Crippen MR) is 115 cm³/mol. The Hall–Kier alpha value is -2.07. The molecule has 0 bridgehead atoms. The van der Waals surface area contributed by atoms with Crippen molar-refractivity contribution in [1.82, 2.24) is 10.6 Å². The largest absolute Gasteiger partial charge is 0.331 e. The van der Waals surface area contributed by atoms with E-state index in [0.717, 1.165) is 17.3 Å². The number of hydrogen-bond acceptors (Lipinski definition) is 6. The van der Waals surface area contributed by atoms with Crippen LogP contribution in [0.3, 0.4) is 0 Å². The Morgan fingerprint density at radius 1 is 1.21 bits per heavy atom. The molecular weight excluding hydrogens is 434 g/mol. The van der Waals surface area contributed by atoms with Crippen molar-refractivity contribution in [2.24, 2.45) is 0 Å². The average molecular weight is 454 g/mol. The molecule has 2 aromatic carbocycles. The van der Waals surface area contributed by atoms with Crippen LogP contribution in [0.5, 0.6) is 0 Å². The van der Waals surface area contributed by atoms with Crippen molar-refractivity contribution in [1.29, 1.82) is 0 Å². The van der Waals surface area contributed by atoms with Crippen molar-refractivity contribution in [2.45, 2.75) is 22.6 Å². The van der Waals surface area contributed by atoms with Gasteiger partial charge in [0.1, 0.15) is 5.50 Å². The Bertz CT molecular complexity index is 1020. The van der Waals surface area contributed by atoms with E-state index >= 15 is 0 Å². The topological polar surface area (TPSA) is 104 Å². The molecule has 2 atom stereocenters. The molecule has 2 unspecified atom stereocenters. The first-order valence-corrected chi connectivity index (χ1v) is 11.8. The quantitative estimate of drug-likeness (QED) is 0.619. The maximum absolute atomic E-state index is 12.7. The number of amides is 2. The van der Waals surface area contributed by atoms with E-state index in [9.17, 15) is 18.0 Å². The molecule has 3 rings (SSSR count). The number of thioether (sulfide) groups is 1. The molecule has 7 nitrogen and oxygen atoms in total. The zero-order valence-electron chi connectivity index (χ0n) is 15.5. The molecule has 0 aliphatic carbocycles. The Morgan fingerprint density at radius 3 is 2.62 bits per heavy atom. The summed E-state index contributed by atoms with van der Waals surface area (Å²) in [4.78, 5) is 24.7. The molecule has 1 saturated heterocycles. The summed E-state index contributed by atoms with van der Waals surface area (Å²) in [6, 6.07) is 13.1. The van der Waals surface area contributed by atoms with Gasteiger partial charge in [-0.15, -0.1) is 11.8 Å². The Labute approximate surface area is 178 Å². The highest BCUT2D eigenvalue weighted by molar-refractivity contribution is 8.00. The first-order valence-electron chi connectivity index (χ1n) is 8.78. The molecule has 0 radical (unpaired) electrons. The summed E-state index contributed by atoms with van der Waals surface area (Å²) in [7, 11) is -3.79. The third-order valence-electron chi connectivity index (χ3n) is 4.42. The summed E-state index contributed by atoms with van der Waals surface area (Å²) >= 11 is 7.21. The molecule has 0 saturated carbocycles. The summed E-state index contributed by atoms with van der Waals surface area (Å²) in [6.45, 7) is 1.77. The molecule has 2 aromatic rings. The highest BCUT2D eigenvalue weighted by Crippen LogP contribution is 2.23. The second kappa shape index (κ2) is 9.17. The van der Waals surface area contributed by atoms with Crippen LogP contribution in [0.15, 0.2) is 53.4 Å². The van der Waals surface area contributed by atoms with Crippen LogP contribution in [0.2, 0.25) is 5.02 Å². The van der Waals surface area contributed by atoms with Crippen molar-refractivity contribution in [3.05, 3.63) is 59.1 Å². The van der Waals surface area contributed by atoms with Crippen LogP contribution in [0.25, 0.3) is 0 Å². The van der Waals surface area contributed by atoms with Gasteiger partial charge in [0.2, 0.25) is 11.8 Å². The molecule has 29 heavy (non-hydrogen) atoms. The minimum Gasteiger partial charge on any atom is -0.331 e. The second-order valence-corrected chi connectivity index (χ2v) is 10.0. The fourth-order valence-electron chi connectivity index (χ4n) is 2.79. The highest BCUT2D eigenvalue weighted by Gasteiger charge is 2.38. The van der Waals surface area contributed by atoms with E-state index in [4.69, 9.17) is 11.6 Å². The number of benzene rings is 2. The van der Waals surface area contributed by atoms with Crippen molar-refractivity contribution < 1.29 is 18.0 Å². The smallest absolute Gasteiger partial charge is 0.241 e. The van der Waals surface area contributed by atoms with Gasteiger partial charge in [0.25, 0.3) is 0 Å². The maximum Gasteiger partial charge on any atom is 0.241 e. The van der Waals surface area contributed by atoms with E-state index in [1.54, 1.807) is 43.3 Å². The molecule has 1 aliphatic rings. The van der Waals surface area contributed by atoms with Crippen molar-refractivity contribution in [2.75, 3.05) is 17.6 Å². The zero-order chi connectivity index (χ0) is 21.0.